The van der Waals surface area contributed by atoms with Gasteiger partial charge in [-0.3, -0.25) is 28.8 Å². The predicted octanol–water partition coefficient (Wildman–Crippen LogP) is 3.45. The summed E-state index contributed by atoms with van der Waals surface area (Å²) in [5.41, 5.74) is 10.1. The SMILES string of the molecule is NCCOCCNC(=O)C1Cc2ccc(cc2)NC(=O)CCC(=O)NC(Cc2cccs2)C(=O)NC(Cc2ccc(-c3ccccc3)cc2)C(=O)NC(Cc2ccccc2)C(=O)N1. The van der Waals surface area contributed by atoms with Crippen LogP contribution in [0.25, 0.3) is 11.1 Å². The molecule has 63 heavy (non-hydrogen) atoms. The Labute approximate surface area is 370 Å². The van der Waals surface area contributed by atoms with E-state index in [1.54, 1.807) is 24.3 Å². The van der Waals surface area contributed by atoms with Crippen molar-refractivity contribution in [2.75, 3.05) is 31.6 Å². The van der Waals surface area contributed by atoms with Crippen LogP contribution in [-0.2, 0) is 59.2 Å². The van der Waals surface area contributed by atoms with Crippen LogP contribution < -0.4 is 37.6 Å². The lowest BCUT2D eigenvalue weighted by Gasteiger charge is -2.27. The monoisotopic (exact) mass is 871 g/mol. The van der Waals surface area contributed by atoms with Gasteiger partial charge in [0, 0.05) is 62.2 Å². The summed E-state index contributed by atoms with van der Waals surface area (Å²) >= 11 is 1.41. The molecular weight excluding hydrogens is 819 g/mol. The van der Waals surface area contributed by atoms with Crippen molar-refractivity contribution in [3.63, 3.8) is 0 Å². The molecule has 328 valence electrons. The number of fused-ring (bicyclic) bond motifs is 18. The number of hydrogen-bond acceptors (Lipinski definition) is 9. The van der Waals surface area contributed by atoms with Gasteiger partial charge >= 0.3 is 0 Å². The number of carbonyl (C=O) groups is 6. The molecule has 0 radical (unpaired) electrons. The first-order valence-electron chi connectivity index (χ1n) is 21.0. The molecule has 1 aromatic heterocycles. The van der Waals surface area contributed by atoms with Gasteiger partial charge in [0.1, 0.15) is 24.2 Å². The number of nitrogens with two attached hydrogens (primary N) is 1. The lowest BCUT2D eigenvalue weighted by Crippen LogP contribution is -2.59. The van der Waals surface area contributed by atoms with Crippen LogP contribution in [0.15, 0.2) is 127 Å². The molecule has 5 aromatic rings. The fraction of sp³-hybridized carbons (Fsp3) is 0.292. The van der Waals surface area contributed by atoms with Gasteiger partial charge in [-0.25, -0.2) is 0 Å². The van der Waals surface area contributed by atoms with Crippen LogP contribution in [0.1, 0.15) is 34.4 Å². The Morgan fingerprint density at radius 2 is 1.21 bits per heavy atom. The van der Waals surface area contributed by atoms with Gasteiger partial charge in [-0.2, -0.15) is 0 Å². The second-order valence-electron chi connectivity index (χ2n) is 15.2. The van der Waals surface area contributed by atoms with Gasteiger partial charge in [0.15, 0.2) is 0 Å². The first-order chi connectivity index (χ1) is 30.6. The molecule has 15 heteroatoms. The number of carbonyl (C=O) groups excluding carboxylic acids is 6. The molecule has 0 saturated heterocycles. The number of rotatable bonds is 13. The van der Waals surface area contributed by atoms with Gasteiger partial charge < -0.3 is 42.4 Å². The molecule has 4 unspecified atom stereocenters. The molecule has 3 heterocycles. The van der Waals surface area contributed by atoms with Crippen molar-refractivity contribution in [3.05, 3.63) is 148 Å². The zero-order chi connectivity index (χ0) is 44.4. The third-order valence-electron chi connectivity index (χ3n) is 10.4. The molecule has 0 spiro atoms. The van der Waals surface area contributed by atoms with E-state index >= 15 is 0 Å². The minimum absolute atomic E-state index is 0.0409. The number of ether oxygens (including phenoxy) is 1. The summed E-state index contributed by atoms with van der Waals surface area (Å²) in [5.74, 6) is -3.30. The highest BCUT2D eigenvalue weighted by Crippen LogP contribution is 2.21. The van der Waals surface area contributed by atoms with Crippen molar-refractivity contribution < 1.29 is 33.5 Å². The van der Waals surface area contributed by atoms with Crippen LogP contribution in [0.5, 0.6) is 0 Å². The largest absolute Gasteiger partial charge is 0.378 e. The summed E-state index contributed by atoms with van der Waals surface area (Å²) < 4.78 is 5.43. The van der Waals surface area contributed by atoms with Crippen LogP contribution in [0.3, 0.4) is 0 Å². The smallest absolute Gasteiger partial charge is 0.243 e. The Bertz CT molecular complexity index is 2280. The summed E-state index contributed by atoms with van der Waals surface area (Å²) in [7, 11) is 0. The summed E-state index contributed by atoms with van der Waals surface area (Å²) in [6, 6.07) is 32.5. The molecule has 2 bridgehead atoms. The highest BCUT2D eigenvalue weighted by Gasteiger charge is 2.32. The second-order valence-corrected chi connectivity index (χ2v) is 16.2. The Morgan fingerprint density at radius 3 is 1.84 bits per heavy atom. The van der Waals surface area contributed by atoms with Gasteiger partial charge in [-0.15, -0.1) is 11.3 Å². The van der Waals surface area contributed by atoms with Crippen LogP contribution in [0, 0.1) is 0 Å². The van der Waals surface area contributed by atoms with Crippen molar-refractivity contribution in [2.45, 2.75) is 62.7 Å². The Hall–Kier alpha value is -6.68. The lowest BCUT2D eigenvalue weighted by molar-refractivity contribution is -0.134. The highest BCUT2D eigenvalue weighted by atomic mass is 32.1. The van der Waals surface area contributed by atoms with Crippen molar-refractivity contribution in [1.29, 1.82) is 0 Å². The normalized spacial score (nSPS) is 19.1. The van der Waals surface area contributed by atoms with Crippen LogP contribution in [0.4, 0.5) is 5.69 Å². The first-order valence-corrected chi connectivity index (χ1v) is 21.9. The zero-order valence-electron chi connectivity index (χ0n) is 34.8. The molecule has 0 aliphatic carbocycles. The van der Waals surface area contributed by atoms with E-state index in [1.807, 2.05) is 102 Å². The van der Waals surface area contributed by atoms with Crippen molar-refractivity contribution in [3.8, 4) is 11.1 Å². The molecule has 4 aromatic carbocycles. The molecule has 8 N–H and O–H groups in total. The summed E-state index contributed by atoms with van der Waals surface area (Å²) in [6.45, 7) is 1.02. The van der Waals surface area contributed by atoms with Crippen LogP contribution >= 0.6 is 11.3 Å². The third kappa shape index (κ3) is 14.5. The summed E-state index contributed by atoms with van der Waals surface area (Å²) in [6.07, 6.45) is -0.0346. The number of benzene rings is 4. The van der Waals surface area contributed by atoms with Gasteiger partial charge in [0.25, 0.3) is 0 Å². The van der Waals surface area contributed by atoms with Crippen molar-refractivity contribution >= 4 is 52.5 Å². The van der Waals surface area contributed by atoms with Crippen molar-refractivity contribution in [1.82, 2.24) is 26.6 Å². The zero-order valence-corrected chi connectivity index (χ0v) is 35.7. The van der Waals surface area contributed by atoms with Crippen molar-refractivity contribution in [2.24, 2.45) is 5.73 Å². The lowest BCUT2D eigenvalue weighted by atomic mass is 9.99. The fourth-order valence-corrected chi connectivity index (χ4v) is 7.82. The van der Waals surface area contributed by atoms with E-state index in [9.17, 15) is 28.8 Å². The molecule has 6 amide bonds. The van der Waals surface area contributed by atoms with E-state index in [4.69, 9.17) is 10.5 Å². The molecule has 7 rings (SSSR count). The van der Waals surface area contributed by atoms with E-state index < -0.39 is 59.6 Å². The van der Waals surface area contributed by atoms with E-state index in [2.05, 4.69) is 31.9 Å². The first kappa shape index (κ1) is 45.8. The minimum Gasteiger partial charge on any atom is -0.378 e. The molecular formula is C48H53N7O7S. The molecule has 14 nitrogen and oxygen atoms in total. The van der Waals surface area contributed by atoms with E-state index in [-0.39, 0.29) is 51.7 Å². The van der Waals surface area contributed by atoms with Gasteiger partial charge in [-0.1, -0.05) is 103 Å². The number of thiophene rings is 1. The summed E-state index contributed by atoms with van der Waals surface area (Å²) in [4.78, 5) is 84.2. The Kier molecular flexibility index (Phi) is 17.1. The number of anilines is 1. The average Bonchev–Trinajstić information content (AvgIpc) is 3.82. The maximum Gasteiger partial charge on any atom is 0.243 e. The topological polar surface area (TPSA) is 210 Å². The number of nitrogens with one attached hydrogen (secondary N) is 6. The average molecular weight is 872 g/mol. The standard InChI is InChI=1S/C48H53N7O7S/c49-23-25-62-26-24-50-45(58)39-29-34-15-19-37(20-16-34)51-43(56)21-22-44(57)52-42(31-38-12-7-27-63-38)48(61)55-41(30-33-13-17-36(18-14-33)35-10-5-2-6-11-35)47(60)54-40(46(59)53-39)28-32-8-3-1-4-9-32/h1-20,27,39-42H,21-26,28-31,49H2,(H,50,58)(H,51,56)(H,52,57)(H,53,59)(H,54,60)(H,55,61). The van der Waals surface area contributed by atoms with Gasteiger partial charge in [0.2, 0.25) is 35.4 Å². The van der Waals surface area contributed by atoms with Crippen LogP contribution in [-0.4, -0.2) is 85.9 Å². The van der Waals surface area contributed by atoms with E-state index in [0.29, 0.717) is 24.4 Å². The number of amides is 6. The fourth-order valence-electron chi connectivity index (χ4n) is 7.07. The van der Waals surface area contributed by atoms with Gasteiger partial charge in [-0.05, 0) is 51.4 Å². The molecule has 4 atom stereocenters. The van der Waals surface area contributed by atoms with E-state index in [1.165, 1.54) is 11.3 Å². The second kappa shape index (κ2) is 23.5. The molecule has 2 aliphatic rings. The molecule has 2 aliphatic heterocycles. The minimum atomic E-state index is -1.21. The Balaban J connectivity index is 1.34. The molecule has 0 saturated carbocycles. The Morgan fingerprint density at radius 1 is 0.619 bits per heavy atom. The molecule has 0 fully saturated rings. The van der Waals surface area contributed by atoms with Crippen LogP contribution in [0.2, 0.25) is 0 Å². The third-order valence-corrected chi connectivity index (χ3v) is 11.3. The highest BCUT2D eigenvalue weighted by molar-refractivity contribution is 7.09. The number of hydrogen-bond donors (Lipinski definition) is 7. The quantitative estimate of drug-likeness (QED) is 0.0687. The van der Waals surface area contributed by atoms with Gasteiger partial charge in [0.05, 0.1) is 13.2 Å². The maximum atomic E-state index is 14.6. The van der Waals surface area contributed by atoms with E-state index in [0.717, 1.165) is 27.1 Å². The predicted molar refractivity (Wildman–Crippen MR) is 242 cm³/mol. The summed E-state index contributed by atoms with van der Waals surface area (Å²) in [5, 5.41) is 18.9. The maximum absolute atomic E-state index is 14.6.